The minimum absolute atomic E-state index is 0.0425. The molecule has 152 valence electrons. The Morgan fingerprint density at radius 2 is 1.86 bits per heavy atom. The van der Waals surface area contributed by atoms with Gasteiger partial charge in [0.05, 0.1) is 16.7 Å². The maximum absolute atomic E-state index is 13.0. The van der Waals surface area contributed by atoms with E-state index in [-0.39, 0.29) is 17.2 Å². The summed E-state index contributed by atoms with van der Waals surface area (Å²) >= 11 is 1.31. The van der Waals surface area contributed by atoms with Crippen molar-refractivity contribution in [1.29, 1.82) is 0 Å². The van der Waals surface area contributed by atoms with E-state index < -0.39 is 0 Å². The van der Waals surface area contributed by atoms with Crippen LogP contribution in [0.4, 0.5) is 0 Å². The summed E-state index contributed by atoms with van der Waals surface area (Å²) < 4.78 is 1.71. The quantitative estimate of drug-likeness (QED) is 0.448. The Bertz CT molecular complexity index is 1060. The molecule has 6 heteroatoms. The van der Waals surface area contributed by atoms with E-state index in [1.165, 1.54) is 11.8 Å². The van der Waals surface area contributed by atoms with Gasteiger partial charge in [-0.2, -0.15) is 0 Å². The van der Waals surface area contributed by atoms with Crippen LogP contribution in [0.25, 0.3) is 10.9 Å². The van der Waals surface area contributed by atoms with Gasteiger partial charge in [-0.1, -0.05) is 62.0 Å². The van der Waals surface area contributed by atoms with E-state index in [9.17, 15) is 9.59 Å². The number of para-hydroxylation sites is 1. The first-order valence-corrected chi connectivity index (χ1v) is 10.9. The average molecular weight is 410 g/mol. The first kappa shape index (κ1) is 21.1. The van der Waals surface area contributed by atoms with E-state index in [2.05, 4.69) is 24.1 Å². The molecule has 0 aliphatic rings. The molecule has 1 aromatic heterocycles. The smallest absolute Gasteiger partial charge is 0.262 e. The number of rotatable bonds is 8. The van der Waals surface area contributed by atoms with Crippen LogP contribution in [0.3, 0.4) is 0 Å². The van der Waals surface area contributed by atoms with Crippen molar-refractivity contribution >= 4 is 28.6 Å². The number of aromatic nitrogens is 2. The van der Waals surface area contributed by atoms with Crippen molar-refractivity contribution in [2.75, 3.05) is 5.75 Å². The zero-order chi connectivity index (χ0) is 20.8. The fourth-order valence-electron chi connectivity index (χ4n) is 3.03. The van der Waals surface area contributed by atoms with Gasteiger partial charge in [0, 0.05) is 13.1 Å². The van der Waals surface area contributed by atoms with E-state index >= 15 is 0 Å². The minimum atomic E-state index is -0.0731. The number of hydrogen-bond acceptors (Lipinski definition) is 4. The highest BCUT2D eigenvalue weighted by molar-refractivity contribution is 7.99. The van der Waals surface area contributed by atoms with Gasteiger partial charge in [0.1, 0.15) is 0 Å². The molecule has 0 bridgehead atoms. The second-order valence-electron chi connectivity index (χ2n) is 7.54. The molecule has 0 aliphatic carbocycles. The summed E-state index contributed by atoms with van der Waals surface area (Å²) in [5.74, 6) is 0.623. The lowest BCUT2D eigenvalue weighted by molar-refractivity contribution is -0.118. The van der Waals surface area contributed by atoms with Crippen molar-refractivity contribution in [2.24, 2.45) is 5.92 Å². The first-order chi connectivity index (χ1) is 14.0. The monoisotopic (exact) mass is 409 g/mol. The molecule has 0 radical (unpaired) electrons. The number of fused-ring (bicyclic) bond motifs is 1. The number of amides is 1. The number of aryl methyl sites for hydroxylation is 1. The Hall–Kier alpha value is -2.60. The van der Waals surface area contributed by atoms with Gasteiger partial charge >= 0.3 is 0 Å². The number of hydrogen-bond donors (Lipinski definition) is 1. The Kier molecular flexibility index (Phi) is 7.09. The zero-order valence-corrected chi connectivity index (χ0v) is 18.0. The Morgan fingerprint density at radius 3 is 2.62 bits per heavy atom. The summed E-state index contributed by atoms with van der Waals surface area (Å²) in [5.41, 5.74) is 2.88. The molecule has 0 atom stereocenters. The molecule has 0 spiro atoms. The van der Waals surface area contributed by atoms with E-state index in [4.69, 9.17) is 0 Å². The van der Waals surface area contributed by atoms with Crippen LogP contribution in [0.5, 0.6) is 0 Å². The van der Waals surface area contributed by atoms with Crippen LogP contribution in [-0.4, -0.2) is 21.2 Å². The number of carbonyl (C=O) groups excluding carboxylic acids is 1. The van der Waals surface area contributed by atoms with Crippen molar-refractivity contribution in [3.8, 4) is 0 Å². The van der Waals surface area contributed by atoms with Gasteiger partial charge in [0.25, 0.3) is 5.56 Å². The topological polar surface area (TPSA) is 64.0 Å². The van der Waals surface area contributed by atoms with Crippen molar-refractivity contribution in [3.63, 3.8) is 0 Å². The van der Waals surface area contributed by atoms with Crippen LogP contribution in [0.2, 0.25) is 0 Å². The van der Waals surface area contributed by atoms with Gasteiger partial charge in [-0.15, -0.1) is 0 Å². The molecule has 0 saturated heterocycles. The van der Waals surface area contributed by atoms with Crippen LogP contribution in [0.15, 0.2) is 58.5 Å². The molecular formula is C23H27N3O2S. The molecule has 0 saturated carbocycles. The molecular weight excluding hydrogens is 382 g/mol. The molecule has 3 rings (SSSR count). The highest BCUT2D eigenvalue weighted by Gasteiger charge is 2.13. The molecule has 0 aliphatic heterocycles. The average Bonchev–Trinajstić information content (AvgIpc) is 2.71. The molecule has 0 unspecified atom stereocenters. The lowest BCUT2D eigenvalue weighted by atomic mass is 10.1. The summed E-state index contributed by atoms with van der Waals surface area (Å²) in [6, 6.07) is 15.4. The first-order valence-electron chi connectivity index (χ1n) is 9.89. The van der Waals surface area contributed by atoms with Gasteiger partial charge < -0.3 is 5.32 Å². The number of carbonyl (C=O) groups is 1. The predicted molar refractivity (Wildman–Crippen MR) is 119 cm³/mol. The predicted octanol–water partition coefficient (Wildman–Crippen LogP) is 4.16. The summed E-state index contributed by atoms with van der Waals surface area (Å²) in [4.78, 5) is 30.0. The molecule has 29 heavy (non-hydrogen) atoms. The third-order valence-electron chi connectivity index (χ3n) is 4.83. The third kappa shape index (κ3) is 5.48. The lowest BCUT2D eigenvalue weighted by Gasteiger charge is -2.14. The van der Waals surface area contributed by atoms with Crippen molar-refractivity contribution in [3.05, 3.63) is 70.0 Å². The molecule has 3 aromatic rings. The highest BCUT2D eigenvalue weighted by atomic mass is 32.2. The second-order valence-corrected chi connectivity index (χ2v) is 8.49. The summed E-state index contributed by atoms with van der Waals surface area (Å²) in [6.07, 6.45) is 0.882. The van der Waals surface area contributed by atoms with Gasteiger partial charge in [0.15, 0.2) is 5.16 Å². The van der Waals surface area contributed by atoms with Crippen LogP contribution in [0.1, 0.15) is 31.4 Å². The molecule has 1 amide bonds. The van der Waals surface area contributed by atoms with Crippen molar-refractivity contribution in [1.82, 2.24) is 14.9 Å². The molecule has 0 fully saturated rings. The van der Waals surface area contributed by atoms with Gasteiger partial charge in [0.2, 0.25) is 5.91 Å². The molecule has 1 N–H and O–H groups in total. The summed E-state index contributed by atoms with van der Waals surface area (Å²) in [6.45, 7) is 7.39. The van der Waals surface area contributed by atoms with E-state index in [0.29, 0.717) is 35.1 Å². The van der Waals surface area contributed by atoms with Crippen LogP contribution >= 0.6 is 11.8 Å². The fraction of sp³-hybridized carbons (Fsp3) is 0.348. The van der Waals surface area contributed by atoms with Crippen LogP contribution in [0, 0.1) is 12.8 Å². The standard InChI is InChI=1S/C23H27N3O2S/c1-16(2)12-13-26-22(28)19-10-6-7-11-20(19)25-23(26)29-15-21(27)24-14-18-9-5-4-8-17(18)3/h4-11,16H,12-15H2,1-3H3,(H,24,27). The van der Waals surface area contributed by atoms with E-state index in [0.717, 1.165) is 17.5 Å². The van der Waals surface area contributed by atoms with Crippen LogP contribution < -0.4 is 10.9 Å². The highest BCUT2D eigenvalue weighted by Crippen LogP contribution is 2.19. The maximum Gasteiger partial charge on any atom is 0.262 e. The number of nitrogens with zero attached hydrogens (tertiary/aromatic N) is 2. The van der Waals surface area contributed by atoms with E-state index in [1.807, 2.05) is 49.4 Å². The maximum atomic E-state index is 13.0. The number of nitrogens with one attached hydrogen (secondary N) is 1. The fourth-order valence-corrected chi connectivity index (χ4v) is 3.88. The van der Waals surface area contributed by atoms with E-state index in [1.54, 1.807) is 10.6 Å². The second kappa shape index (κ2) is 9.74. The minimum Gasteiger partial charge on any atom is -0.351 e. The lowest BCUT2D eigenvalue weighted by Crippen LogP contribution is -2.27. The SMILES string of the molecule is Cc1ccccc1CNC(=O)CSc1nc2ccccc2c(=O)n1CCC(C)C. The molecule has 5 nitrogen and oxygen atoms in total. The molecule has 2 aromatic carbocycles. The van der Waals surface area contributed by atoms with Crippen LogP contribution in [-0.2, 0) is 17.9 Å². The Balaban J connectivity index is 1.74. The number of benzene rings is 2. The largest absolute Gasteiger partial charge is 0.351 e. The number of thioether (sulfide) groups is 1. The van der Waals surface area contributed by atoms with Crippen molar-refractivity contribution < 1.29 is 4.79 Å². The Morgan fingerprint density at radius 1 is 1.14 bits per heavy atom. The van der Waals surface area contributed by atoms with Gasteiger partial charge in [-0.3, -0.25) is 14.2 Å². The van der Waals surface area contributed by atoms with Gasteiger partial charge in [-0.05, 0) is 42.5 Å². The van der Waals surface area contributed by atoms with Crippen molar-refractivity contribution in [2.45, 2.75) is 45.4 Å². The summed E-state index contributed by atoms with van der Waals surface area (Å²) in [7, 11) is 0. The Labute approximate surface area is 175 Å². The summed E-state index contributed by atoms with van der Waals surface area (Å²) in [5, 5.41) is 4.17. The zero-order valence-electron chi connectivity index (χ0n) is 17.1. The van der Waals surface area contributed by atoms with Gasteiger partial charge in [-0.25, -0.2) is 4.98 Å². The third-order valence-corrected chi connectivity index (χ3v) is 5.80. The normalized spacial score (nSPS) is 11.2. The molecule has 1 heterocycles.